The topological polar surface area (TPSA) is 49.8 Å². The molecule has 1 saturated heterocycles. The Kier molecular flexibility index (Phi) is 4.20. The van der Waals surface area contributed by atoms with E-state index in [1.807, 2.05) is 19.1 Å². The Labute approximate surface area is 107 Å². The summed E-state index contributed by atoms with van der Waals surface area (Å²) in [5, 5.41) is 8.67. The molecule has 1 aliphatic rings. The fourth-order valence-corrected chi connectivity index (χ4v) is 2.30. The molecule has 0 unspecified atom stereocenters. The molecule has 4 nitrogen and oxygen atoms in total. The van der Waals surface area contributed by atoms with Gasteiger partial charge in [-0.3, -0.25) is 9.69 Å². The highest BCUT2D eigenvalue weighted by Crippen LogP contribution is 2.22. The van der Waals surface area contributed by atoms with Crippen LogP contribution in [-0.2, 0) is 11.3 Å². The molecule has 18 heavy (non-hydrogen) atoms. The molecule has 1 aromatic rings. The van der Waals surface area contributed by atoms with E-state index in [0.717, 1.165) is 25.4 Å². The first-order valence-electron chi connectivity index (χ1n) is 6.33. The van der Waals surface area contributed by atoms with Crippen LogP contribution in [0.4, 0.5) is 0 Å². The molecular weight excluding hydrogens is 230 g/mol. The van der Waals surface area contributed by atoms with Crippen molar-refractivity contribution >= 4 is 5.97 Å². The Hall–Kier alpha value is -1.55. The third-order valence-corrected chi connectivity index (χ3v) is 3.14. The zero-order valence-corrected chi connectivity index (χ0v) is 10.6. The smallest absolute Gasteiger partial charge is 0.303 e. The monoisotopic (exact) mass is 249 g/mol. The van der Waals surface area contributed by atoms with Crippen molar-refractivity contribution in [2.75, 3.05) is 19.7 Å². The zero-order chi connectivity index (χ0) is 13.0. The second kappa shape index (κ2) is 5.87. The molecule has 0 atom stereocenters. The van der Waals surface area contributed by atoms with Gasteiger partial charge in [0.15, 0.2) is 0 Å². The van der Waals surface area contributed by atoms with Gasteiger partial charge in [-0.1, -0.05) is 12.1 Å². The summed E-state index contributed by atoms with van der Waals surface area (Å²) in [4.78, 5) is 12.8. The molecular formula is C14H19NO3. The van der Waals surface area contributed by atoms with Crippen molar-refractivity contribution in [3.8, 4) is 5.75 Å². The number of carbonyl (C=O) groups is 1. The molecule has 1 heterocycles. The first-order valence-corrected chi connectivity index (χ1v) is 6.33. The lowest BCUT2D eigenvalue weighted by molar-refractivity contribution is -0.139. The largest absolute Gasteiger partial charge is 0.494 e. The summed E-state index contributed by atoms with van der Waals surface area (Å²) < 4.78 is 5.39. The third-order valence-electron chi connectivity index (χ3n) is 3.14. The molecule has 0 aromatic heterocycles. The van der Waals surface area contributed by atoms with Crippen LogP contribution in [0.5, 0.6) is 5.75 Å². The van der Waals surface area contributed by atoms with Crippen LogP contribution in [-0.4, -0.2) is 35.7 Å². The highest BCUT2D eigenvalue weighted by atomic mass is 16.5. The number of nitrogens with zero attached hydrogens (tertiary/aromatic N) is 1. The summed E-state index contributed by atoms with van der Waals surface area (Å²) in [6, 6.07) is 8.09. The lowest BCUT2D eigenvalue weighted by Crippen LogP contribution is -2.46. The van der Waals surface area contributed by atoms with E-state index >= 15 is 0 Å². The van der Waals surface area contributed by atoms with E-state index in [1.54, 1.807) is 0 Å². The van der Waals surface area contributed by atoms with Gasteiger partial charge in [0.1, 0.15) is 5.75 Å². The molecule has 0 aliphatic carbocycles. The number of ether oxygens (including phenoxy) is 1. The summed E-state index contributed by atoms with van der Waals surface area (Å²) in [5.74, 6) is 0.527. The SMILES string of the molecule is CCOc1ccc(CN2CC(CC(=O)O)C2)cc1. The Morgan fingerprint density at radius 2 is 2.06 bits per heavy atom. The fourth-order valence-electron chi connectivity index (χ4n) is 2.30. The molecule has 0 spiro atoms. The summed E-state index contributed by atoms with van der Waals surface area (Å²) in [6.45, 7) is 5.32. The van der Waals surface area contributed by atoms with E-state index < -0.39 is 5.97 Å². The highest BCUT2D eigenvalue weighted by Gasteiger charge is 2.28. The van der Waals surface area contributed by atoms with Gasteiger partial charge in [0.05, 0.1) is 13.0 Å². The quantitative estimate of drug-likeness (QED) is 0.837. The van der Waals surface area contributed by atoms with Crippen LogP contribution < -0.4 is 4.74 Å². The van der Waals surface area contributed by atoms with Gasteiger partial charge in [0.25, 0.3) is 0 Å². The maximum Gasteiger partial charge on any atom is 0.303 e. The highest BCUT2D eigenvalue weighted by molar-refractivity contribution is 5.67. The van der Waals surface area contributed by atoms with Gasteiger partial charge >= 0.3 is 5.97 Å². The normalized spacial score (nSPS) is 16.3. The van der Waals surface area contributed by atoms with Crippen LogP contribution >= 0.6 is 0 Å². The summed E-state index contributed by atoms with van der Waals surface area (Å²) in [6.07, 6.45) is 0.291. The van der Waals surface area contributed by atoms with E-state index in [-0.39, 0.29) is 0 Å². The summed E-state index contributed by atoms with van der Waals surface area (Å²) in [7, 11) is 0. The van der Waals surface area contributed by atoms with Gasteiger partial charge in [-0.15, -0.1) is 0 Å². The van der Waals surface area contributed by atoms with E-state index in [4.69, 9.17) is 9.84 Å². The number of aliphatic carboxylic acids is 1. The summed E-state index contributed by atoms with van der Waals surface area (Å²) in [5.41, 5.74) is 1.24. The molecule has 0 bridgehead atoms. The van der Waals surface area contributed by atoms with Crippen molar-refractivity contribution in [2.45, 2.75) is 19.9 Å². The number of carboxylic acids is 1. The minimum absolute atomic E-state index is 0.291. The lowest BCUT2D eigenvalue weighted by Gasteiger charge is -2.38. The summed E-state index contributed by atoms with van der Waals surface area (Å²) >= 11 is 0. The van der Waals surface area contributed by atoms with Crippen LogP contribution in [0.25, 0.3) is 0 Å². The average Bonchev–Trinajstić information content (AvgIpc) is 2.28. The van der Waals surface area contributed by atoms with Gasteiger partial charge in [-0.2, -0.15) is 0 Å². The van der Waals surface area contributed by atoms with Gasteiger partial charge in [-0.05, 0) is 30.5 Å². The first-order chi connectivity index (χ1) is 8.67. The van der Waals surface area contributed by atoms with Gasteiger partial charge < -0.3 is 9.84 Å². The predicted molar refractivity (Wildman–Crippen MR) is 68.6 cm³/mol. The molecule has 0 amide bonds. The second-order valence-corrected chi connectivity index (χ2v) is 4.73. The second-order valence-electron chi connectivity index (χ2n) is 4.73. The van der Waals surface area contributed by atoms with Crippen molar-refractivity contribution in [1.29, 1.82) is 0 Å². The zero-order valence-electron chi connectivity index (χ0n) is 10.6. The van der Waals surface area contributed by atoms with Crippen molar-refractivity contribution in [2.24, 2.45) is 5.92 Å². The average molecular weight is 249 g/mol. The van der Waals surface area contributed by atoms with Crippen LogP contribution in [0.2, 0.25) is 0 Å². The van der Waals surface area contributed by atoms with E-state index in [2.05, 4.69) is 17.0 Å². The first kappa shape index (κ1) is 12.9. The fraction of sp³-hybridized carbons (Fsp3) is 0.500. The Morgan fingerprint density at radius 1 is 1.39 bits per heavy atom. The number of benzene rings is 1. The molecule has 1 N–H and O–H groups in total. The van der Waals surface area contributed by atoms with Crippen LogP contribution in [0.15, 0.2) is 24.3 Å². The van der Waals surface area contributed by atoms with Crippen molar-refractivity contribution in [3.05, 3.63) is 29.8 Å². The van der Waals surface area contributed by atoms with Crippen LogP contribution in [0, 0.1) is 5.92 Å². The number of likely N-dealkylation sites (tertiary alicyclic amines) is 1. The maximum atomic E-state index is 10.5. The van der Waals surface area contributed by atoms with Crippen LogP contribution in [0.3, 0.4) is 0 Å². The van der Waals surface area contributed by atoms with Crippen LogP contribution in [0.1, 0.15) is 18.9 Å². The third kappa shape index (κ3) is 3.47. The predicted octanol–water partition coefficient (Wildman–Crippen LogP) is 1.99. The van der Waals surface area contributed by atoms with E-state index in [9.17, 15) is 4.79 Å². The number of hydrogen-bond donors (Lipinski definition) is 1. The number of carboxylic acid groups (broad SMARTS) is 1. The molecule has 4 heteroatoms. The van der Waals surface area contributed by atoms with Crippen molar-refractivity contribution < 1.29 is 14.6 Å². The molecule has 1 aromatic carbocycles. The van der Waals surface area contributed by atoms with Gasteiger partial charge in [0.2, 0.25) is 0 Å². The van der Waals surface area contributed by atoms with Gasteiger partial charge in [-0.25, -0.2) is 0 Å². The number of hydrogen-bond acceptors (Lipinski definition) is 3. The molecule has 2 rings (SSSR count). The van der Waals surface area contributed by atoms with Crippen molar-refractivity contribution in [1.82, 2.24) is 4.90 Å². The number of rotatable bonds is 6. The minimum Gasteiger partial charge on any atom is -0.494 e. The lowest BCUT2D eigenvalue weighted by atomic mass is 9.96. The van der Waals surface area contributed by atoms with Gasteiger partial charge in [0, 0.05) is 19.6 Å². The van der Waals surface area contributed by atoms with E-state index in [0.29, 0.717) is 18.9 Å². The van der Waals surface area contributed by atoms with E-state index in [1.165, 1.54) is 5.56 Å². The maximum absolute atomic E-state index is 10.5. The Morgan fingerprint density at radius 3 is 2.61 bits per heavy atom. The Bertz CT molecular complexity index is 396. The standard InChI is InChI=1S/C14H19NO3/c1-2-18-13-5-3-11(4-6-13)8-15-9-12(10-15)7-14(16)17/h3-6,12H,2,7-10H2,1H3,(H,16,17). The Balaban J connectivity index is 1.76. The molecule has 98 valence electrons. The molecule has 1 fully saturated rings. The molecule has 1 aliphatic heterocycles. The minimum atomic E-state index is -0.694. The van der Waals surface area contributed by atoms with Crippen molar-refractivity contribution in [3.63, 3.8) is 0 Å². The molecule has 0 radical (unpaired) electrons. The molecule has 0 saturated carbocycles.